The summed E-state index contributed by atoms with van der Waals surface area (Å²) in [5, 5.41) is 2.96. The number of methoxy groups -OCH3 is 1. The van der Waals surface area contributed by atoms with E-state index in [1.165, 1.54) is 11.3 Å². The standard InChI is InChI=1S/C32H24BrN3O4S/c1-19-28(30(37)35-23-11-4-3-5-12-23)29(21-9-7-13-24(17-21)39-2)36-31(38)27(41-32(36)34-19)18-25-14-15-26(40-25)20-8-6-10-22(33)16-20/h3-18,29H,1-2H3,(H,35,37)/b27-18-. The van der Waals surface area contributed by atoms with Crippen LogP contribution >= 0.6 is 27.3 Å². The number of fused-ring (bicyclic) bond motifs is 1. The third-order valence-corrected chi connectivity index (χ3v) is 8.19. The van der Waals surface area contributed by atoms with Crippen molar-refractivity contribution in [1.82, 2.24) is 4.57 Å². The average Bonchev–Trinajstić information content (AvgIpc) is 3.57. The van der Waals surface area contributed by atoms with E-state index in [-0.39, 0.29) is 11.5 Å². The number of thiazole rings is 1. The molecule has 3 aromatic carbocycles. The molecule has 0 aliphatic carbocycles. The summed E-state index contributed by atoms with van der Waals surface area (Å²) < 4.78 is 14.5. The van der Waals surface area contributed by atoms with E-state index in [2.05, 4.69) is 21.2 Å². The molecule has 41 heavy (non-hydrogen) atoms. The third kappa shape index (κ3) is 5.33. The van der Waals surface area contributed by atoms with Gasteiger partial charge >= 0.3 is 0 Å². The summed E-state index contributed by atoms with van der Waals surface area (Å²) in [6, 6.07) is 27.4. The monoisotopic (exact) mass is 625 g/mol. The first-order valence-corrected chi connectivity index (χ1v) is 14.4. The fourth-order valence-corrected chi connectivity index (χ4v) is 6.24. The highest BCUT2D eigenvalue weighted by Crippen LogP contribution is 2.32. The lowest BCUT2D eigenvalue weighted by molar-refractivity contribution is -0.113. The van der Waals surface area contributed by atoms with Crippen molar-refractivity contribution in [2.24, 2.45) is 4.99 Å². The molecule has 0 fully saturated rings. The summed E-state index contributed by atoms with van der Waals surface area (Å²) in [7, 11) is 1.58. The number of allylic oxidation sites excluding steroid dienone is 1. The van der Waals surface area contributed by atoms with Gasteiger partial charge in [0.05, 0.1) is 29.0 Å². The molecular weight excluding hydrogens is 602 g/mol. The van der Waals surface area contributed by atoms with Crippen LogP contribution in [0.5, 0.6) is 5.75 Å². The van der Waals surface area contributed by atoms with Gasteiger partial charge in [0.2, 0.25) is 0 Å². The first-order chi connectivity index (χ1) is 19.9. The van der Waals surface area contributed by atoms with Crippen LogP contribution in [0.25, 0.3) is 17.4 Å². The Morgan fingerprint density at radius 1 is 1.05 bits per heavy atom. The molecule has 6 rings (SSSR count). The maximum atomic E-state index is 14.0. The predicted molar refractivity (Wildman–Crippen MR) is 164 cm³/mol. The van der Waals surface area contributed by atoms with Gasteiger partial charge in [0.25, 0.3) is 11.5 Å². The molecule has 0 bridgehead atoms. The van der Waals surface area contributed by atoms with Gasteiger partial charge in [0.1, 0.15) is 17.3 Å². The molecule has 1 N–H and O–H groups in total. The van der Waals surface area contributed by atoms with Crippen LogP contribution < -0.4 is 24.9 Å². The number of aromatic nitrogens is 1. The molecular formula is C32H24BrN3O4S. The number of para-hydroxylation sites is 1. The number of rotatable bonds is 6. The molecule has 1 atom stereocenters. The first-order valence-electron chi connectivity index (χ1n) is 12.8. The van der Waals surface area contributed by atoms with Gasteiger partial charge in [-0.2, -0.15) is 0 Å². The van der Waals surface area contributed by atoms with E-state index in [9.17, 15) is 9.59 Å². The van der Waals surface area contributed by atoms with Gasteiger partial charge in [-0.1, -0.05) is 69.7 Å². The molecule has 3 heterocycles. The summed E-state index contributed by atoms with van der Waals surface area (Å²) in [4.78, 5) is 32.9. The number of carbonyl (C=O) groups excluding carboxylic acids is 1. The van der Waals surface area contributed by atoms with Gasteiger partial charge in [-0.05, 0) is 61.0 Å². The molecule has 204 valence electrons. The van der Waals surface area contributed by atoms with E-state index >= 15 is 0 Å². The third-order valence-electron chi connectivity index (χ3n) is 6.72. The zero-order valence-electron chi connectivity index (χ0n) is 22.1. The number of nitrogens with zero attached hydrogens (tertiary/aromatic N) is 2. The largest absolute Gasteiger partial charge is 0.497 e. The molecule has 5 aromatic rings. The zero-order chi connectivity index (χ0) is 28.5. The van der Waals surface area contributed by atoms with Crippen molar-refractivity contribution in [3.63, 3.8) is 0 Å². The molecule has 0 spiro atoms. The molecule has 1 aliphatic heterocycles. The van der Waals surface area contributed by atoms with Crippen LogP contribution in [0, 0.1) is 0 Å². The van der Waals surface area contributed by atoms with Crippen LogP contribution in [0.1, 0.15) is 24.3 Å². The van der Waals surface area contributed by atoms with Gasteiger partial charge in [0, 0.05) is 21.8 Å². The Bertz CT molecular complexity index is 1990. The number of hydrogen-bond donors (Lipinski definition) is 1. The fourth-order valence-electron chi connectivity index (χ4n) is 4.82. The van der Waals surface area contributed by atoms with Gasteiger partial charge in [0.15, 0.2) is 4.80 Å². The lowest BCUT2D eigenvalue weighted by Crippen LogP contribution is -2.40. The van der Waals surface area contributed by atoms with Crippen molar-refractivity contribution in [3.05, 3.63) is 138 Å². The van der Waals surface area contributed by atoms with Crippen molar-refractivity contribution in [2.75, 3.05) is 12.4 Å². The highest BCUT2D eigenvalue weighted by atomic mass is 79.9. The Morgan fingerprint density at radius 2 is 1.85 bits per heavy atom. The SMILES string of the molecule is COc1cccc(C2C(C(=O)Nc3ccccc3)=C(C)N=c3s/c(=C\c4ccc(-c5cccc(Br)c5)o4)c(=O)n32)c1. The van der Waals surface area contributed by atoms with Crippen LogP contribution in [0.4, 0.5) is 5.69 Å². The fraction of sp³-hybridized carbons (Fsp3) is 0.0938. The van der Waals surface area contributed by atoms with Crippen LogP contribution in [0.2, 0.25) is 0 Å². The maximum absolute atomic E-state index is 14.0. The number of ether oxygens (including phenoxy) is 1. The normalized spacial score (nSPS) is 14.9. The number of anilines is 1. The second kappa shape index (κ2) is 11.2. The van der Waals surface area contributed by atoms with Gasteiger partial charge in [-0.3, -0.25) is 14.2 Å². The number of hydrogen-bond acceptors (Lipinski definition) is 6. The second-order valence-electron chi connectivity index (χ2n) is 9.39. The Labute approximate surface area is 247 Å². The highest BCUT2D eigenvalue weighted by Gasteiger charge is 2.32. The van der Waals surface area contributed by atoms with E-state index in [0.29, 0.717) is 43.6 Å². The minimum Gasteiger partial charge on any atom is -0.497 e. The molecule has 1 unspecified atom stereocenters. The topological polar surface area (TPSA) is 85.8 Å². The van der Waals surface area contributed by atoms with E-state index < -0.39 is 6.04 Å². The van der Waals surface area contributed by atoms with Gasteiger partial charge in [-0.25, -0.2) is 4.99 Å². The van der Waals surface area contributed by atoms with Crippen LogP contribution in [0.15, 0.2) is 121 Å². The summed E-state index contributed by atoms with van der Waals surface area (Å²) in [6.45, 7) is 1.79. The molecule has 9 heteroatoms. The van der Waals surface area contributed by atoms with E-state index in [0.717, 1.165) is 15.6 Å². The number of furan rings is 1. The quantitative estimate of drug-likeness (QED) is 0.254. The van der Waals surface area contributed by atoms with Crippen LogP contribution in [0.3, 0.4) is 0 Å². The van der Waals surface area contributed by atoms with Gasteiger partial charge < -0.3 is 14.5 Å². The number of benzene rings is 3. The average molecular weight is 627 g/mol. The van der Waals surface area contributed by atoms with Crippen molar-refractivity contribution < 1.29 is 13.9 Å². The number of carbonyl (C=O) groups is 1. The minimum absolute atomic E-state index is 0.264. The lowest BCUT2D eigenvalue weighted by atomic mass is 9.95. The van der Waals surface area contributed by atoms with Crippen molar-refractivity contribution in [2.45, 2.75) is 13.0 Å². The predicted octanol–water partition coefficient (Wildman–Crippen LogP) is 5.91. The molecule has 0 radical (unpaired) electrons. The molecule has 2 aromatic heterocycles. The molecule has 0 saturated heterocycles. The smallest absolute Gasteiger partial charge is 0.271 e. The Balaban J connectivity index is 1.46. The molecule has 0 saturated carbocycles. The Kier molecular flexibility index (Phi) is 7.30. The number of amides is 1. The lowest BCUT2D eigenvalue weighted by Gasteiger charge is -2.25. The minimum atomic E-state index is -0.707. The van der Waals surface area contributed by atoms with Crippen LogP contribution in [-0.4, -0.2) is 17.6 Å². The van der Waals surface area contributed by atoms with E-state index in [1.54, 1.807) is 24.7 Å². The first kappa shape index (κ1) is 26.7. The van der Waals surface area contributed by atoms with Gasteiger partial charge in [-0.15, -0.1) is 0 Å². The van der Waals surface area contributed by atoms with Crippen molar-refractivity contribution in [3.8, 4) is 17.1 Å². The number of halogens is 1. The highest BCUT2D eigenvalue weighted by molar-refractivity contribution is 9.10. The summed E-state index contributed by atoms with van der Waals surface area (Å²) in [6.07, 6.45) is 1.72. The maximum Gasteiger partial charge on any atom is 0.271 e. The Hall–Kier alpha value is -4.47. The molecule has 1 aliphatic rings. The van der Waals surface area contributed by atoms with Crippen molar-refractivity contribution in [1.29, 1.82) is 0 Å². The Morgan fingerprint density at radius 3 is 2.63 bits per heavy atom. The molecule has 7 nitrogen and oxygen atoms in total. The second-order valence-corrected chi connectivity index (χ2v) is 11.3. The van der Waals surface area contributed by atoms with Crippen molar-refractivity contribution >= 4 is 44.9 Å². The summed E-state index contributed by atoms with van der Waals surface area (Å²) in [5.74, 6) is 1.53. The summed E-state index contributed by atoms with van der Waals surface area (Å²) >= 11 is 4.75. The van der Waals surface area contributed by atoms with E-state index in [1.807, 2.05) is 91.0 Å². The van der Waals surface area contributed by atoms with E-state index in [4.69, 9.17) is 14.1 Å². The number of nitrogens with one attached hydrogen (secondary N) is 1. The van der Waals surface area contributed by atoms with Crippen LogP contribution in [-0.2, 0) is 4.79 Å². The molecule has 1 amide bonds. The summed E-state index contributed by atoms with van der Waals surface area (Å²) in [5.41, 5.74) is 2.96. The zero-order valence-corrected chi connectivity index (χ0v) is 24.5.